The van der Waals surface area contributed by atoms with Crippen LogP contribution in [0.5, 0.6) is 0 Å². The maximum Gasteiger partial charge on any atom is 0.226 e. The summed E-state index contributed by atoms with van der Waals surface area (Å²) in [6.07, 6.45) is 20.3. The van der Waals surface area contributed by atoms with Crippen LogP contribution in [0.15, 0.2) is 12.2 Å². The van der Waals surface area contributed by atoms with Crippen LogP contribution in [0.2, 0.25) is 0 Å². The van der Waals surface area contributed by atoms with Gasteiger partial charge in [0.15, 0.2) is 0 Å². The predicted octanol–water partition coefficient (Wildman–Crippen LogP) is 5.61. The number of carbonyl (C=O) groups is 3. The Kier molecular flexibility index (Phi) is 12.7. The summed E-state index contributed by atoms with van der Waals surface area (Å²) in [5.74, 6) is -0.521. The van der Waals surface area contributed by atoms with Crippen LogP contribution in [0.1, 0.15) is 117 Å². The molecule has 0 aromatic carbocycles. The second-order valence-electron chi connectivity index (χ2n) is 10.5. The van der Waals surface area contributed by atoms with E-state index in [1.54, 1.807) is 0 Å². The summed E-state index contributed by atoms with van der Waals surface area (Å²) in [5.41, 5.74) is 4.75. The molecule has 3 N–H and O–H groups in total. The maximum absolute atomic E-state index is 13.3. The van der Waals surface area contributed by atoms with Crippen molar-refractivity contribution in [1.29, 1.82) is 0 Å². The number of allylic oxidation sites excluding steroid dienone is 2. The Morgan fingerprint density at radius 3 is 2.03 bits per heavy atom. The lowest BCUT2D eigenvalue weighted by Gasteiger charge is -2.37. The molecule has 0 saturated carbocycles. The average molecular weight is 435 g/mol. The van der Waals surface area contributed by atoms with Crippen molar-refractivity contribution in [2.45, 2.75) is 123 Å². The SMILES string of the molecule is CC1(C)CCCCCC/C=C/CCCCCCC(C)(C(=O)N[C@H](C=O)CCC(N)=O)C1. The fourth-order valence-electron chi connectivity index (χ4n) is 4.83. The van der Waals surface area contributed by atoms with Crippen molar-refractivity contribution in [3.05, 3.63) is 12.2 Å². The lowest BCUT2D eigenvalue weighted by Crippen LogP contribution is -2.47. The first-order chi connectivity index (χ1) is 14.7. The van der Waals surface area contributed by atoms with E-state index in [2.05, 4.69) is 38.2 Å². The van der Waals surface area contributed by atoms with Gasteiger partial charge in [0.25, 0.3) is 0 Å². The number of nitrogens with two attached hydrogens (primary N) is 1. The highest BCUT2D eigenvalue weighted by Crippen LogP contribution is 2.41. The molecule has 0 saturated heterocycles. The second-order valence-corrected chi connectivity index (χ2v) is 10.5. The van der Waals surface area contributed by atoms with E-state index in [1.165, 1.54) is 44.9 Å². The first kappa shape index (κ1) is 27.4. The zero-order chi connectivity index (χ0) is 23.2. The molecule has 0 heterocycles. The van der Waals surface area contributed by atoms with Gasteiger partial charge in [-0.15, -0.1) is 0 Å². The summed E-state index contributed by atoms with van der Waals surface area (Å²) >= 11 is 0. The predicted molar refractivity (Wildman–Crippen MR) is 127 cm³/mol. The van der Waals surface area contributed by atoms with Crippen LogP contribution >= 0.6 is 0 Å². The molecule has 1 rings (SSSR count). The first-order valence-corrected chi connectivity index (χ1v) is 12.4. The van der Waals surface area contributed by atoms with Gasteiger partial charge in [-0.1, -0.05) is 71.4 Å². The fourth-order valence-corrected chi connectivity index (χ4v) is 4.83. The van der Waals surface area contributed by atoms with Crippen molar-refractivity contribution in [3.63, 3.8) is 0 Å². The number of rotatable bonds is 6. The first-order valence-electron chi connectivity index (χ1n) is 12.4. The van der Waals surface area contributed by atoms with Gasteiger partial charge in [0.1, 0.15) is 6.29 Å². The molecule has 1 aliphatic rings. The van der Waals surface area contributed by atoms with Crippen LogP contribution in [-0.4, -0.2) is 24.1 Å². The maximum atomic E-state index is 13.3. The highest BCUT2D eigenvalue weighted by molar-refractivity contribution is 5.85. The van der Waals surface area contributed by atoms with Crippen LogP contribution < -0.4 is 11.1 Å². The van der Waals surface area contributed by atoms with Crippen LogP contribution in [-0.2, 0) is 14.4 Å². The van der Waals surface area contributed by atoms with Gasteiger partial charge in [-0.05, 0) is 56.8 Å². The largest absolute Gasteiger partial charge is 0.370 e. The van der Waals surface area contributed by atoms with Gasteiger partial charge in [-0.3, -0.25) is 9.59 Å². The third-order valence-corrected chi connectivity index (χ3v) is 6.59. The summed E-state index contributed by atoms with van der Waals surface area (Å²) in [7, 11) is 0. The van der Waals surface area contributed by atoms with Gasteiger partial charge in [-0.25, -0.2) is 0 Å². The Hall–Kier alpha value is -1.65. The van der Waals surface area contributed by atoms with E-state index in [0.29, 0.717) is 0 Å². The lowest BCUT2D eigenvalue weighted by atomic mass is 9.68. The number of hydrogen-bond donors (Lipinski definition) is 2. The molecule has 0 fully saturated rings. The summed E-state index contributed by atoms with van der Waals surface area (Å²) in [4.78, 5) is 35.9. The lowest BCUT2D eigenvalue weighted by molar-refractivity contribution is -0.135. The van der Waals surface area contributed by atoms with Crippen molar-refractivity contribution in [1.82, 2.24) is 5.32 Å². The van der Waals surface area contributed by atoms with Crippen molar-refractivity contribution in [2.75, 3.05) is 0 Å². The smallest absolute Gasteiger partial charge is 0.226 e. The van der Waals surface area contributed by atoms with Crippen molar-refractivity contribution >= 4 is 18.1 Å². The number of hydrogen-bond acceptors (Lipinski definition) is 3. The number of nitrogens with one attached hydrogen (secondary N) is 1. The monoisotopic (exact) mass is 434 g/mol. The molecular formula is C26H46N2O3. The van der Waals surface area contributed by atoms with E-state index in [4.69, 9.17) is 5.73 Å². The van der Waals surface area contributed by atoms with E-state index < -0.39 is 17.4 Å². The molecule has 178 valence electrons. The third kappa shape index (κ3) is 12.1. The molecule has 1 aliphatic carbocycles. The molecule has 2 amide bonds. The molecule has 0 aliphatic heterocycles. The molecule has 0 aromatic heterocycles. The Bertz CT molecular complexity index is 585. The molecule has 5 nitrogen and oxygen atoms in total. The second kappa shape index (κ2) is 14.4. The van der Waals surface area contributed by atoms with Crippen LogP contribution in [0.4, 0.5) is 0 Å². The van der Waals surface area contributed by atoms with Crippen molar-refractivity contribution < 1.29 is 14.4 Å². The van der Waals surface area contributed by atoms with Gasteiger partial charge in [0.2, 0.25) is 11.8 Å². The molecule has 2 atom stereocenters. The van der Waals surface area contributed by atoms with Crippen molar-refractivity contribution in [2.24, 2.45) is 16.6 Å². The van der Waals surface area contributed by atoms with Crippen LogP contribution in [0.3, 0.4) is 0 Å². The quantitative estimate of drug-likeness (QED) is 0.420. The number of aldehydes is 1. The molecule has 0 aromatic rings. The minimum atomic E-state index is -0.657. The Labute approximate surface area is 190 Å². The molecule has 1 unspecified atom stereocenters. The molecule has 0 bridgehead atoms. The fraction of sp³-hybridized carbons (Fsp3) is 0.808. The van der Waals surface area contributed by atoms with Crippen molar-refractivity contribution in [3.8, 4) is 0 Å². The van der Waals surface area contributed by atoms with Gasteiger partial charge in [0, 0.05) is 11.8 Å². The minimum Gasteiger partial charge on any atom is -0.370 e. The van der Waals surface area contributed by atoms with E-state index in [9.17, 15) is 14.4 Å². The standard InChI is InChI=1S/C26H46N2O3/c1-25(2)18-14-12-10-8-6-4-5-7-9-11-13-15-19-26(3,21-25)24(31)28-22(20-29)16-17-23(27)30/h4-5,20,22H,6-19,21H2,1-3H3,(H2,27,30)(H,28,31)/b5-4+/t22-,26?/m0/s1. The molecule has 0 spiro atoms. The van der Waals surface area contributed by atoms with E-state index in [1.807, 2.05) is 0 Å². The van der Waals surface area contributed by atoms with Gasteiger partial charge in [0.05, 0.1) is 6.04 Å². The van der Waals surface area contributed by atoms with E-state index in [0.717, 1.165) is 44.8 Å². The Morgan fingerprint density at radius 2 is 1.48 bits per heavy atom. The Balaban J connectivity index is 2.85. The average Bonchev–Trinajstić information content (AvgIpc) is 2.70. The van der Waals surface area contributed by atoms with Gasteiger partial charge >= 0.3 is 0 Å². The molecule has 0 radical (unpaired) electrons. The zero-order valence-corrected chi connectivity index (χ0v) is 20.2. The normalized spacial score (nSPS) is 26.2. The third-order valence-electron chi connectivity index (χ3n) is 6.59. The van der Waals surface area contributed by atoms with Crippen LogP contribution in [0, 0.1) is 10.8 Å². The number of carbonyl (C=O) groups excluding carboxylic acids is 3. The minimum absolute atomic E-state index is 0.0594. The molecular weight excluding hydrogens is 388 g/mol. The highest BCUT2D eigenvalue weighted by atomic mass is 16.2. The van der Waals surface area contributed by atoms with Gasteiger partial charge in [-0.2, -0.15) is 0 Å². The number of amides is 2. The summed E-state index contributed by atoms with van der Waals surface area (Å²) < 4.78 is 0. The van der Waals surface area contributed by atoms with Gasteiger partial charge < -0.3 is 15.8 Å². The van der Waals surface area contributed by atoms with E-state index >= 15 is 0 Å². The number of primary amides is 1. The van der Waals surface area contributed by atoms with Crippen LogP contribution in [0.25, 0.3) is 0 Å². The summed E-state index contributed by atoms with van der Waals surface area (Å²) in [6.45, 7) is 6.58. The van der Waals surface area contributed by atoms with E-state index in [-0.39, 0.29) is 24.2 Å². The summed E-state index contributed by atoms with van der Waals surface area (Å²) in [5, 5.41) is 2.91. The summed E-state index contributed by atoms with van der Waals surface area (Å²) in [6, 6.07) is -0.657. The Morgan fingerprint density at radius 1 is 0.935 bits per heavy atom. The molecule has 5 heteroatoms. The zero-order valence-electron chi connectivity index (χ0n) is 20.2. The highest BCUT2D eigenvalue weighted by Gasteiger charge is 2.38. The topological polar surface area (TPSA) is 89.3 Å². The molecule has 31 heavy (non-hydrogen) atoms.